The van der Waals surface area contributed by atoms with Gasteiger partial charge in [0, 0.05) is 43.7 Å². The molecule has 1 saturated carbocycles. The van der Waals surface area contributed by atoms with Gasteiger partial charge < -0.3 is 15.5 Å². The molecule has 5 nitrogen and oxygen atoms in total. The first kappa shape index (κ1) is 21.0. The summed E-state index contributed by atoms with van der Waals surface area (Å²) in [5.74, 6) is 1.21. The van der Waals surface area contributed by atoms with Crippen LogP contribution >= 0.6 is 0 Å². The van der Waals surface area contributed by atoms with Crippen molar-refractivity contribution in [2.45, 2.75) is 51.4 Å². The molecule has 0 unspecified atom stereocenters. The van der Waals surface area contributed by atoms with E-state index in [-0.39, 0.29) is 23.7 Å². The Morgan fingerprint density at radius 3 is 2.53 bits per heavy atom. The molecule has 2 aliphatic carbocycles. The molecule has 1 fully saturated rings. The van der Waals surface area contributed by atoms with Gasteiger partial charge in [0.15, 0.2) is 0 Å². The number of carbonyl (C=O) groups is 2. The van der Waals surface area contributed by atoms with Crippen molar-refractivity contribution in [2.24, 2.45) is 17.8 Å². The maximum absolute atomic E-state index is 12.6. The van der Waals surface area contributed by atoms with Gasteiger partial charge in [0.1, 0.15) is 0 Å². The van der Waals surface area contributed by atoms with Crippen LogP contribution in [-0.4, -0.2) is 38.0 Å². The zero-order valence-corrected chi connectivity index (χ0v) is 17.9. The number of anilines is 1. The van der Waals surface area contributed by atoms with Crippen LogP contribution < -0.4 is 15.5 Å². The quantitative estimate of drug-likeness (QED) is 0.678. The minimum absolute atomic E-state index is 0.131. The van der Waals surface area contributed by atoms with Crippen LogP contribution in [0.3, 0.4) is 0 Å². The van der Waals surface area contributed by atoms with E-state index in [0.717, 1.165) is 71.0 Å². The zero-order valence-electron chi connectivity index (χ0n) is 17.9. The summed E-state index contributed by atoms with van der Waals surface area (Å²) in [6, 6.07) is 8.55. The van der Waals surface area contributed by atoms with Gasteiger partial charge in [-0.2, -0.15) is 0 Å². The molecule has 0 saturated heterocycles. The predicted molar refractivity (Wildman–Crippen MR) is 120 cm³/mol. The van der Waals surface area contributed by atoms with Gasteiger partial charge in [-0.25, -0.2) is 0 Å². The fourth-order valence-corrected chi connectivity index (χ4v) is 5.15. The molecule has 0 aromatic heterocycles. The summed E-state index contributed by atoms with van der Waals surface area (Å²) in [6.45, 7) is 3.39. The summed E-state index contributed by atoms with van der Waals surface area (Å²) >= 11 is 0. The van der Waals surface area contributed by atoms with Crippen LogP contribution in [0.1, 0.15) is 50.5 Å². The van der Waals surface area contributed by atoms with Gasteiger partial charge >= 0.3 is 0 Å². The summed E-state index contributed by atoms with van der Waals surface area (Å²) in [5.41, 5.74) is 2.73. The SMILES string of the molecule is O=C(NCCN1CCc2ccccc21)C1CCC(CNC(=O)[C@H]2CC=CCC2)CC1. The van der Waals surface area contributed by atoms with Crippen molar-refractivity contribution < 1.29 is 9.59 Å². The molecule has 162 valence electrons. The Balaban J connectivity index is 1.12. The first-order chi connectivity index (χ1) is 14.7. The van der Waals surface area contributed by atoms with Crippen molar-refractivity contribution in [1.82, 2.24) is 10.6 Å². The summed E-state index contributed by atoms with van der Waals surface area (Å²) in [5, 5.41) is 6.32. The van der Waals surface area contributed by atoms with Crippen LogP contribution in [0.25, 0.3) is 0 Å². The van der Waals surface area contributed by atoms with Crippen molar-refractivity contribution in [3.63, 3.8) is 0 Å². The first-order valence-electron chi connectivity index (χ1n) is 11.7. The lowest BCUT2D eigenvalue weighted by atomic mass is 9.81. The Morgan fingerprint density at radius 1 is 0.933 bits per heavy atom. The molecule has 1 aromatic rings. The molecule has 2 N–H and O–H groups in total. The van der Waals surface area contributed by atoms with Gasteiger partial charge in [-0.3, -0.25) is 9.59 Å². The number of benzene rings is 1. The van der Waals surface area contributed by atoms with Gasteiger partial charge in [0.25, 0.3) is 0 Å². The molecule has 4 rings (SSSR count). The third-order valence-corrected chi connectivity index (χ3v) is 7.09. The Kier molecular flexibility index (Phi) is 7.08. The monoisotopic (exact) mass is 409 g/mol. The number of amides is 2. The largest absolute Gasteiger partial charge is 0.369 e. The molecular formula is C25H35N3O2. The number of allylic oxidation sites excluding steroid dienone is 2. The number of hydrogen-bond acceptors (Lipinski definition) is 3. The van der Waals surface area contributed by atoms with Gasteiger partial charge in [-0.05, 0) is 68.9 Å². The highest BCUT2D eigenvalue weighted by Gasteiger charge is 2.27. The highest BCUT2D eigenvalue weighted by atomic mass is 16.2. The summed E-state index contributed by atoms with van der Waals surface area (Å²) in [7, 11) is 0. The highest BCUT2D eigenvalue weighted by molar-refractivity contribution is 5.79. The number of hydrogen-bond donors (Lipinski definition) is 2. The summed E-state index contributed by atoms with van der Waals surface area (Å²) < 4.78 is 0. The molecule has 2 amide bonds. The average molecular weight is 410 g/mol. The lowest BCUT2D eigenvalue weighted by Gasteiger charge is -2.29. The van der Waals surface area contributed by atoms with E-state index in [0.29, 0.717) is 12.5 Å². The molecule has 0 bridgehead atoms. The van der Waals surface area contributed by atoms with E-state index < -0.39 is 0 Å². The number of fused-ring (bicyclic) bond motifs is 1. The Morgan fingerprint density at radius 2 is 1.73 bits per heavy atom. The van der Waals surface area contributed by atoms with Crippen LogP contribution in [0.2, 0.25) is 0 Å². The van der Waals surface area contributed by atoms with Crippen molar-refractivity contribution in [2.75, 3.05) is 31.1 Å². The number of rotatable bonds is 7. The van der Waals surface area contributed by atoms with E-state index in [1.54, 1.807) is 0 Å². The second-order valence-electron chi connectivity index (χ2n) is 9.10. The Bertz CT molecular complexity index is 767. The van der Waals surface area contributed by atoms with Gasteiger partial charge in [0.05, 0.1) is 0 Å². The Labute approximate surface area is 180 Å². The van der Waals surface area contributed by atoms with E-state index in [1.165, 1.54) is 11.3 Å². The standard InChI is InChI=1S/C25H35N3O2/c29-24(26-15-17-28-16-14-20-6-4-5-9-23(20)28)22-12-10-19(11-13-22)18-27-25(30)21-7-2-1-3-8-21/h1-2,4-6,9,19,21-22H,3,7-8,10-18H2,(H,26,29)(H,27,30)/t19?,21-,22?/m0/s1. The van der Waals surface area contributed by atoms with E-state index in [4.69, 9.17) is 0 Å². The molecule has 0 radical (unpaired) electrons. The fraction of sp³-hybridized carbons (Fsp3) is 0.600. The van der Waals surface area contributed by atoms with Crippen molar-refractivity contribution in [3.8, 4) is 0 Å². The number of nitrogens with zero attached hydrogens (tertiary/aromatic N) is 1. The third-order valence-electron chi connectivity index (χ3n) is 7.09. The topological polar surface area (TPSA) is 61.4 Å². The molecule has 1 aromatic carbocycles. The second kappa shape index (κ2) is 10.1. The third kappa shape index (κ3) is 5.24. The van der Waals surface area contributed by atoms with Crippen molar-refractivity contribution in [1.29, 1.82) is 0 Å². The maximum atomic E-state index is 12.6. The molecule has 0 spiro atoms. The van der Waals surface area contributed by atoms with Crippen LogP contribution in [0.15, 0.2) is 36.4 Å². The first-order valence-corrected chi connectivity index (χ1v) is 11.7. The average Bonchev–Trinajstić information content (AvgIpc) is 3.21. The van der Waals surface area contributed by atoms with Gasteiger partial charge in [-0.15, -0.1) is 0 Å². The summed E-state index contributed by atoms with van der Waals surface area (Å²) in [6.07, 6.45) is 12.2. The van der Waals surface area contributed by atoms with Crippen LogP contribution in [-0.2, 0) is 16.0 Å². The molecule has 1 heterocycles. The molecule has 3 aliphatic rings. The van der Waals surface area contributed by atoms with E-state index >= 15 is 0 Å². The van der Waals surface area contributed by atoms with E-state index in [1.807, 2.05) is 0 Å². The van der Waals surface area contributed by atoms with Crippen LogP contribution in [0.5, 0.6) is 0 Å². The van der Waals surface area contributed by atoms with Crippen molar-refractivity contribution in [3.05, 3.63) is 42.0 Å². The van der Waals surface area contributed by atoms with Gasteiger partial charge in [-0.1, -0.05) is 30.4 Å². The Hall–Kier alpha value is -2.30. The molecule has 30 heavy (non-hydrogen) atoms. The second-order valence-corrected chi connectivity index (χ2v) is 9.10. The lowest BCUT2D eigenvalue weighted by molar-refractivity contribution is -0.127. The minimum atomic E-state index is 0.131. The number of nitrogens with one attached hydrogen (secondary N) is 2. The van der Waals surface area contributed by atoms with E-state index in [9.17, 15) is 9.59 Å². The minimum Gasteiger partial charge on any atom is -0.369 e. The van der Waals surface area contributed by atoms with Crippen LogP contribution in [0, 0.1) is 17.8 Å². The van der Waals surface area contributed by atoms with Crippen LogP contribution in [0.4, 0.5) is 5.69 Å². The van der Waals surface area contributed by atoms with E-state index in [2.05, 4.69) is 52.0 Å². The molecule has 5 heteroatoms. The number of para-hydroxylation sites is 1. The predicted octanol–water partition coefficient (Wildman–Crippen LogP) is 3.44. The normalized spacial score (nSPS) is 25.6. The smallest absolute Gasteiger partial charge is 0.223 e. The zero-order chi connectivity index (χ0) is 20.8. The molecule has 1 aliphatic heterocycles. The molecule has 1 atom stereocenters. The highest BCUT2D eigenvalue weighted by Crippen LogP contribution is 2.29. The molecular weight excluding hydrogens is 374 g/mol. The lowest BCUT2D eigenvalue weighted by Crippen LogP contribution is -2.40. The maximum Gasteiger partial charge on any atom is 0.223 e. The number of carbonyl (C=O) groups excluding carboxylic acids is 2. The summed E-state index contributed by atoms with van der Waals surface area (Å²) in [4.78, 5) is 27.3. The van der Waals surface area contributed by atoms with Crippen molar-refractivity contribution >= 4 is 17.5 Å². The fourth-order valence-electron chi connectivity index (χ4n) is 5.15. The van der Waals surface area contributed by atoms with Gasteiger partial charge in [0.2, 0.25) is 11.8 Å².